The molecule has 0 radical (unpaired) electrons. The molecule has 0 saturated carbocycles. The molecule has 0 bridgehead atoms. The predicted molar refractivity (Wildman–Crippen MR) is 209 cm³/mol. The van der Waals surface area contributed by atoms with Gasteiger partial charge >= 0.3 is 0 Å². The van der Waals surface area contributed by atoms with Crippen LogP contribution in [0.1, 0.15) is 59.5 Å². The highest BCUT2D eigenvalue weighted by Gasteiger charge is 2.27. The van der Waals surface area contributed by atoms with Gasteiger partial charge in [-0.3, -0.25) is 14.4 Å². The molecule has 1 atom stereocenters. The lowest BCUT2D eigenvalue weighted by Gasteiger charge is -2.25. The topological polar surface area (TPSA) is 112 Å². The normalized spacial score (nSPS) is 12.2. The predicted octanol–water partition coefficient (Wildman–Crippen LogP) is 8.74. The number of carbonyl (C=O) groups is 3. The smallest absolute Gasteiger partial charge is 0.257 e. The summed E-state index contributed by atoms with van der Waals surface area (Å²) < 4.78 is 13.4. The van der Waals surface area contributed by atoms with Crippen molar-refractivity contribution in [3.05, 3.63) is 162 Å². The first-order valence-corrected chi connectivity index (χ1v) is 17.2. The zero-order chi connectivity index (χ0) is 38.3. The maximum absolute atomic E-state index is 13.6. The number of phenolic OH excluding ortho intramolecular Hbond substituents is 1. The Labute approximate surface area is 309 Å². The molecule has 8 nitrogen and oxygen atoms in total. The molecule has 3 N–H and O–H groups in total. The Morgan fingerprint density at radius 2 is 1.64 bits per heavy atom. The molecule has 270 valence electrons. The van der Waals surface area contributed by atoms with Crippen LogP contribution in [0.5, 0.6) is 5.75 Å². The van der Waals surface area contributed by atoms with E-state index in [4.69, 9.17) is 0 Å². The largest absolute Gasteiger partial charge is 0.507 e. The lowest BCUT2D eigenvalue weighted by molar-refractivity contribution is -0.131. The van der Waals surface area contributed by atoms with Gasteiger partial charge in [-0.15, -0.1) is 0 Å². The average molecular weight is 711 g/mol. The summed E-state index contributed by atoms with van der Waals surface area (Å²) >= 11 is 0. The van der Waals surface area contributed by atoms with Crippen molar-refractivity contribution in [2.24, 2.45) is 0 Å². The number of hydrogen-bond acceptors (Lipinski definition) is 5. The van der Waals surface area contributed by atoms with Crippen LogP contribution in [0.3, 0.4) is 0 Å². The summed E-state index contributed by atoms with van der Waals surface area (Å²) in [6.07, 6.45) is 7.02. The number of allylic oxidation sites excluding steroid dienone is 3. The number of halogens is 1. The van der Waals surface area contributed by atoms with Crippen molar-refractivity contribution in [3.63, 3.8) is 0 Å². The number of nitrogens with one attached hydrogen (secondary N) is 2. The van der Waals surface area contributed by atoms with Gasteiger partial charge in [0.15, 0.2) is 0 Å². The highest BCUT2D eigenvalue weighted by atomic mass is 19.1. The Kier molecular flexibility index (Phi) is 11.7. The second kappa shape index (κ2) is 16.3. The number of aromatic nitrogens is 1. The van der Waals surface area contributed by atoms with E-state index in [9.17, 15) is 23.9 Å². The van der Waals surface area contributed by atoms with Gasteiger partial charge in [0.05, 0.1) is 11.1 Å². The second-order valence-electron chi connectivity index (χ2n) is 13.8. The summed E-state index contributed by atoms with van der Waals surface area (Å²) in [4.78, 5) is 46.8. The molecule has 5 aromatic rings. The lowest BCUT2D eigenvalue weighted by Crippen LogP contribution is -2.47. The Morgan fingerprint density at radius 1 is 0.925 bits per heavy atom. The quantitative estimate of drug-likeness (QED) is 0.119. The van der Waals surface area contributed by atoms with Gasteiger partial charge in [-0.05, 0) is 89.2 Å². The summed E-state index contributed by atoms with van der Waals surface area (Å²) in [5, 5.41) is 17.1. The summed E-state index contributed by atoms with van der Waals surface area (Å²) in [5.41, 5.74) is 4.43. The molecule has 5 rings (SSSR count). The molecule has 3 amide bonds. The summed E-state index contributed by atoms with van der Waals surface area (Å²) in [5.74, 6) is -1.43. The zero-order valence-electron chi connectivity index (χ0n) is 30.5. The molecule has 0 saturated heterocycles. The highest BCUT2D eigenvalue weighted by Crippen LogP contribution is 2.35. The fourth-order valence-corrected chi connectivity index (χ4v) is 5.77. The third-order valence-corrected chi connectivity index (χ3v) is 8.74. The molecule has 0 fully saturated rings. The Bertz CT molecular complexity index is 2220. The molecule has 4 aromatic carbocycles. The number of phenols is 1. The second-order valence-corrected chi connectivity index (χ2v) is 13.8. The molecule has 1 heterocycles. The van der Waals surface area contributed by atoms with E-state index in [1.807, 2.05) is 37.3 Å². The van der Waals surface area contributed by atoms with Crippen molar-refractivity contribution < 1.29 is 23.9 Å². The van der Waals surface area contributed by atoms with Crippen LogP contribution in [-0.4, -0.2) is 45.8 Å². The van der Waals surface area contributed by atoms with Gasteiger partial charge in [0.2, 0.25) is 5.91 Å². The van der Waals surface area contributed by atoms with Gasteiger partial charge in [-0.1, -0.05) is 94.1 Å². The molecular formula is C44H43FN4O4. The molecule has 1 unspecified atom stereocenters. The lowest BCUT2D eigenvalue weighted by atomic mass is 9.86. The number of fused-ring (bicyclic) bond motifs is 1. The average Bonchev–Trinajstić information content (AvgIpc) is 3.13. The number of carbonyl (C=O) groups excluding carboxylic acids is 3. The maximum atomic E-state index is 13.6. The van der Waals surface area contributed by atoms with Gasteiger partial charge in [-0.2, -0.15) is 0 Å². The molecule has 1 aromatic heterocycles. The number of pyridine rings is 1. The van der Waals surface area contributed by atoms with Crippen LogP contribution in [0.2, 0.25) is 0 Å². The van der Waals surface area contributed by atoms with Crippen LogP contribution in [0.4, 0.5) is 10.2 Å². The molecule has 53 heavy (non-hydrogen) atoms. The van der Waals surface area contributed by atoms with Crippen LogP contribution < -0.4 is 10.6 Å². The van der Waals surface area contributed by atoms with Crippen molar-refractivity contribution in [2.45, 2.75) is 45.7 Å². The Balaban J connectivity index is 1.34. The van der Waals surface area contributed by atoms with Crippen molar-refractivity contribution in [1.29, 1.82) is 0 Å². The Hall–Kier alpha value is -6.35. The Morgan fingerprint density at radius 3 is 2.32 bits per heavy atom. The molecule has 9 heteroatoms. The van der Waals surface area contributed by atoms with Crippen molar-refractivity contribution in [2.75, 3.05) is 12.4 Å². The zero-order valence-corrected chi connectivity index (χ0v) is 30.5. The minimum Gasteiger partial charge on any atom is -0.507 e. The number of nitrogens with zero attached hydrogens (tertiary/aromatic N) is 2. The number of aromatic hydroxyl groups is 1. The molecule has 0 aliphatic carbocycles. The van der Waals surface area contributed by atoms with Crippen molar-refractivity contribution in [3.8, 4) is 16.9 Å². The van der Waals surface area contributed by atoms with E-state index in [2.05, 4.69) is 43.0 Å². The number of rotatable bonds is 11. The summed E-state index contributed by atoms with van der Waals surface area (Å²) in [6.45, 7) is 12.5. The molecule has 0 aliphatic heterocycles. The summed E-state index contributed by atoms with van der Waals surface area (Å²) in [7, 11) is 1.61. The van der Waals surface area contributed by atoms with Gasteiger partial charge in [0.1, 0.15) is 23.4 Å². The maximum Gasteiger partial charge on any atom is 0.257 e. The van der Waals surface area contributed by atoms with Crippen LogP contribution in [0.15, 0.2) is 134 Å². The van der Waals surface area contributed by atoms with Gasteiger partial charge in [-0.25, -0.2) is 9.37 Å². The van der Waals surface area contributed by atoms with E-state index in [-0.39, 0.29) is 34.9 Å². The fraction of sp³-hybridized carbons (Fsp3) is 0.182. The van der Waals surface area contributed by atoms with E-state index < -0.39 is 23.8 Å². The van der Waals surface area contributed by atoms with E-state index in [1.54, 1.807) is 85.9 Å². The van der Waals surface area contributed by atoms with Crippen LogP contribution in [0, 0.1) is 5.82 Å². The van der Waals surface area contributed by atoms with Crippen molar-refractivity contribution >= 4 is 34.4 Å². The standard InChI is InChI=1S/C44H43FN4O4/c1-7-8-9-11-28(2)40(43(53)49(6)27-29-14-22-34(45)23-15-29)48-41(51)32-18-24-36-31(26-32)19-25-38(46-36)47-42(52)35-12-10-13-37(50)39(35)30-16-20-33(21-17-30)44(3,4)5/h7-26,40,50H,2,27H2,1,3-6H3,(H,48,51)(H,46,47,52). The first-order valence-electron chi connectivity index (χ1n) is 17.2. The van der Waals surface area contributed by atoms with Crippen LogP contribution in [-0.2, 0) is 16.8 Å². The third-order valence-electron chi connectivity index (χ3n) is 8.74. The minimum absolute atomic E-state index is 0.0145. The van der Waals surface area contributed by atoms with E-state index in [0.717, 1.165) is 11.1 Å². The molecule has 0 aliphatic rings. The van der Waals surface area contributed by atoms with Gasteiger partial charge in [0.25, 0.3) is 11.8 Å². The number of benzene rings is 4. The van der Waals surface area contributed by atoms with Crippen LogP contribution >= 0.6 is 0 Å². The summed E-state index contributed by atoms with van der Waals surface area (Å²) in [6, 6.07) is 25.7. The first kappa shape index (κ1) is 37.9. The number of amides is 3. The number of likely N-dealkylation sites (N-methyl/N-ethyl adjacent to an activating group) is 1. The number of anilines is 1. The van der Waals surface area contributed by atoms with Crippen LogP contribution in [0.25, 0.3) is 22.0 Å². The molecule has 0 spiro atoms. The monoisotopic (exact) mass is 710 g/mol. The SMILES string of the molecule is C=C(C=CC=CC)C(NC(=O)c1ccc2nc(NC(=O)c3cccc(O)c3-c3ccc(C(C)(C)C)cc3)ccc2c1)C(=O)N(C)Cc1ccc(F)cc1. The van der Waals surface area contributed by atoms with Gasteiger partial charge in [0, 0.05) is 30.1 Å². The highest BCUT2D eigenvalue weighted by molar-refractivity contribution is 6.09. The van der Waals surface area contributed by atoms with Crippen molar-refractivity contribution in [1.82, 2.24) is 15.2 Å². The fourth-order valence-electron chi connectivity index (χ4n) is 5.77. The minimum atomic E-state index is -1.07. The number of hydrogen-bond donors (Lipinski definition) is 3. The van der Waals surface area contributed by atoms with E-state index in [0.29, 0.717) is 33.2 Å². The molecular weight excluding hydrogens is 668 g/mol. The van der Waals surface area contributed by atoms with E-state index in [1.165, 1.54) is 17.0 Å². The van der Waals surface area contributed by atoms with E-state index >= 15 is 0 Å². The first-order chi connectivity index (χ1) is 25.2. The van der Waals surface area contributed by atoms with Gasteiger partial charge < -0.3 is 20.6 Å². The third kappa shape index (κ3) is 9.31.